The smallest absolute Gasteiger partial charge is 0.147 e. The first-order chi connectivity index (χ1) is 6.49. The summed E-state index contributed by atoms with van der Waals surface area (Å²) in [6.07, 6.45) is 6.49. The van der Waals surface area contributed by atoms with Crippen molar-refractivity contribution in [2.45, 2.75) is 38.5 Å². The highest BCUT2D eigenvalue weighted by Gasteiger charge is 2.22. The maximum absolute atomic E-state index is 11.5. The molecule has 1 rings (SSSR count). The van der Waals surface area contributed by atoms with Gasteiger partial charge >= 0.3 is 0 Å². The molecule has 0 unspecified atom stereocenters. The van der Waals surface area contributed by atoms with E-state index in [1.807, 2.05) is 0 Å². The number of ketones is 1. The summed E-state index contributed by atoms with van der Waals surface area (Å²) in [4.78, 5) is 11.5. The van der Waals surface area contributed by atoms with E-state index in [-0.39, 0.29) is 17.5 Å². The third-order valence-electron chi connectivity index (χ3n) is 2.75. The number of sulfone groups is 1. The first kappa shape index (κ1) is 11.7. The Morgan fingerprint density at radius 1 is 1.29 bits per heavy atom. The number of rotatable bonds is 5. The zero-order chi connectivity index (χ0) is 10.6. The van der Waals surface area contributed by atoms with Crippen LogP contribution in [0.3, 0.4) is 0 Å². The molecule has 0 spiro atoms. The standard InChI is InChI=1S/C10H18O3S/c1-14(12,13)8-4-7-10(11)9-5-2-3-6-9/h9H,2-8H2,1H3. The van der Waals surface area contributed by atoms with E-state index in [9.17, 15) is 13.2 Å². The third-order valence-corrected chi connectivity index (χ3v) is 3.78. The molecule has 0 aromatic carbocycles. The number of Topliss-reactive ketones (excluding diaryl/α,β-unsaturated/α-hetero) is 1. The summed E-state index contributed by atoms with van der Waals surface area (Å²) in [6, 6.07) is 0. The van der Waals surface area contributed by atoms with E-state index in [0.717, 1.165) is 25.7 Å². The fourth-order valence-electron chi connectivity index (χ4n) is 1.96. The molecule has 0 aliphatic heterocycles. The second-order valence-corrected chi connectivity index (χ2v) is 6.44. The number of hydrogen-bond acceptors (Lipinski definition) is 3. The summed E-state index contributed by atoms with van der Waals surface area (Å²) >= 11 is 0. The molecule has 0 radical (unpaired) electrons. The predicted molar refractivity (Wildman–Crippen MR) is 55.9 cm³/mol. The SMILES string of the molecule is CS(=O)(=O)CCCC(=O)C1CCCC1. The lowest BCUT2D eigenvalue weighted by Gasteiger charge is -2.06. The molecule has 0 heterocycles. The zero-order valence-corrected chi connectivity index (χ0v) is 9.48. The number of hydrogen-bond donors (Lipinski definition) is 0. The zero-order valence-electron chi connectivity index (χ0n) is 8.66. The van der Waals surface area contributed by atoms with Gasteiger partial charge in [-0.2, -0.15) is 0 Å². The van der Waals surface area contributed by atoms with E-state index < -0.39 is 9.84 Å². The van der Waals surface area contributed by atoms with Gasteiger partial charge in [0.2, 0.25) is 0 Å². The lowest BCUT2D eigenvalue weighted by atomic mass is 9.99. The molecular weight excluding hydrogens is 200 g/mol. The van der Waals surface area contributed by atoms with Crippen molar-refractivity contribution in [2.24, 2.45) is 5.92 Å². The molecule has 0 aromatic rings. The second kappa shape index (κ2) is 4.91. The van der Waals surface area contributed by atoms with Gasteiger partial charge in [0.05, 0.1) is 5.75 Å². The fourth-order valence-corrected chi connectivity index (χ4v) is 2.63. The molecule has 3 nitrogen and oxygen atoms in total. The van der Waals surface area contributed by atoms with Gasteiger partial charge in [-0.1, -0.05) is 12.8 Å². The molecular formula is C10H18O3S. The average Bonchev–Trinajstić information content (AvgIpc) is 2.53. The van der Waals surface area contributed by atoms with Crippen molar-refractivity contribution < 1.29 is 13.2 Å². The number of carbonyl (C=O) groups is 1. The summed E-state index contributed by atoms with van der Waals surface area (Å²) in [7, 11) is -2.90. The van der Waals surface area contributed by atoms with Crippen LogP contribution in [0, 0.1) is 5.92 Å². The van der Waals surface area contributed by atoms with Crippen molar-refractivity contribution in [3.63, 3.8) is 0 Å². The summed E-state index contributed by atoms with van der Waals surface area (Å²) in [6.45, 7) is 0. The van der Waals surface area contributed by atoms with Crippen LogP contribution in [-0.4, -0.2) is 26.2 Å². The summed E-state index contributed by atoms with van der Waals surface area (Å²) in [5, 5.41) is 0. The minimum Gasteiger partial charge on any atom is -0.299 e. The molecule has 82 valence electrons. The molecule has 4 heteroatoms. The summed E-state index contributed by atoms with van der Waals surface area (Å²) in [5.74, 6) is 0.645. The Bertz CT molecular complexity index is 286. The van der Waals surface area contributed by atoms with Gasteiger partial charge in [0, 0.05) is 18.6 Å². The van der Waals surface area contributed by atoms with Crippen LogP contribution >= 0.6 is 0 Å². The summed E-state index contributed by atoms with van der Waals surface area (Å²) < 4.78 is 21.6. The van der Waals surface area contributed by atoms with Crippen LogP contribution in [-0.2, 0) is 14.6 Å². The maximum Gasteiger partial charge on any atom is 0.147 e. The fraction of sp³-hybridized carbons (Fsp3) is 0.900. The van der Waals surface area contributed by atoms with Gasteiger partial charge < -0.3 is 0 Å². The molecule has 1 aliphatic rings. The van der Waals surface area contributed by atoms with Crippen molar-refractivity contribution in [1.82, 2.24) is 0 Å². The van der Waals surface area contributed by atoms with E-state index >= 15 is 0 Å². The van der Waals surface area contributed by atoms with Crippen LogP contribution < -0.4 is 0 Å². The molecule has 0 saturated heterocycles. The minimum atomic E-state index is -2.90. The Kier molecular flexibility index (Phi) is 4.11. The Morgan fingerprint density at radius 2 is 1.86 bits per heavy atom. The van der Waals surface area contributed by atoms with Gasteiger partial charge in [0.25, 0.3) is 0 Å². The van der Waals surface area contributed by atoms with Gasteiger partial charge in [-0.15, -0.1) is 0 Å². The monoisotopic (exact) mass is 218 g/mol. The Hall–Kier alpha value is -0.380. The van der Waals surface area contributed by atoms with E-state index in [0.29, 0.717) is 12.8 Å². The highest BCUT2D eigenvalue weighted by molar-refractivity contribution is 7.90. The molecule has 0 amide bonds. The normalized spacial score (nSPS) is 18.6. The van der Waals surface area contributed by atoms with E-state index in [4.69, 9.17) is 0 Å². The first-order valence-corrected chi connectivity index (χ1v) is 7.25. The van der Waals surface area contributed by atoms with Gasteiger partial charge in [0.15, 0.2) is 0 Å². The van der Waals surface area contributed by atoms with Gasteiger partial charge in [-0.05, 0) is 19.3 Å². The van der Waals surface area contributed by atoms with Gasteiger partial charge in [-0.3, -0.25) is 4.79 Å². The highest BCUT2D eigenvalue weighted by atomic mass is 32.2. The van der Waals surface area contributed by atoms with E-state index in [2.05, 4.69) is 0 Å². The highest BCUT2D eigenvalue weighted by Crippen LogP contribution is 2.26. The van der Waals surface area contributed by atoms with Crippen LogP contribution in [0.4, 0.5) is 0 Å². The minimum absolute atomic E-state index is 0.144. The second-order valence-electron chi connectivity index (χ2n) is 4.18. The molecule has 0 aromatic heterocycles. The average molecular weight is 218 g/mol. The van der Waals surface area contributed by atoms with Crippen molar-refractivity contribution >= 4 is 15.6 Å². The van der Waals surface area contributed by atoms with Crippen LogP contribution in [0.25, 0.3) is 0 Å². The Balaban J connectivity index is 2.21. The van der Waals surface area contributed by atoms with Crippen molar-refractivity contribution in [3.05, 3.63) is 0 Å². The van der Waals surface area contributed by atoms with Gasteiger partial charge in [-0.25, -0.2) is 8.42 Å². The lowest BCUT2D eigenvalue weighted by molar-refractivity contribution is -0.122. The number of carbonyl (C=O) groups excluding carboxylic acids is 1. The molecule has 0 atom stereocenters. The predicted octanol–water partition coefficient (Wildman–Crippen LogP) is 1.57. The molecule has 0 N–H and O–H groups in total. The largest absolute Gasteiger partial charge is 0.299 e. The molecule has 1 fully saturated rings. The first-order valence-electron chi connectivity index (χ1n) is 5.19. The third kappa shape index (κ3) is 4.22. The van der Waals surface area contributed by atoms with Crippen LogP contribution in [0.2, 0.25) is 0 Å². The van der Waals surface area contributed by atoms with Crippen molar-refractivity contribution in [1.29, 1.82) is 0 Å². The molecule has 0 bridgehead atoms. The quantitative estimate of drug-likeness (QED) is 0.704. The van der Waals surface area contributed by atoms with Crippen LogP contribution in [0.15, 0.2) is 0 Å². The maximum atomic E-state index is 11.5. The topological polar surface area (TPSA) is 51.2 Å². The van der Waals surface area contributed by atoms with Crippen LogP contribution in [0.5, 0.6) is 0 Å². The lowest BCUT2D eigenvalue weighted by Crippen LogP contribution is -2.12. The Morgan fingerprint density at radius 3 is 2.36 bits per heavy atom. The van der Waals surface area contributed by atoms with Crippen molar-refractivity contribution in [3.8, 4) is 0 Å². The molecule has 1 saturated carbocycles. The van der Waals surface area contributed by atoms with Gasteiger partial charge in [0.1, 0.15) is 15.6 Å². The molecule has 1 aliphatic carbocycles. The van der Waals surface area contributed by atoms with E-state index in [1.54, 1.807) is 0 Å². The molecule has 14 heavy (non-hydrogen) atoms. The van der Waals surface area contributed by atoms with E-state index in [1.165, 1.54) is 6.26 Å². The Labute approximate surface area is 85.8 Å². The van der Waals surface area contributed by atoms with Crippen LogP contribution in [0.1, 0.15) is 38.5 Å². The van der Waals surface area contributed by atoms with Crippen molar-refractivity contribution in [2.75, 3.05) is 12.0 Å². The summed E-state index contributed by atoms with van der Waals surface area (Å²) in [5.41, 5.74) is 0.